The van der Waals surface area contributed by atoms with Crippen LogP contribution in [0.2, 0.25) is 0 Å². The molecule has 0 unspecified atom stereocenters. The summed E-state index contributed by atoms with van der Waals surface area (Å²) in [6, 6.07) is 34.0. The van der Waals surface area contributed by atoms with Crippen molar-refractivity contribution in [3.05, 3.63) is 187 Å². The molecule has 2 aromatic heterocycles. The number of rotatable bonds is 13. The number of amides is 2. The van der Waals surface area contributed by atoms with Gasteiger partial charge in [0.15, 0.2) is 25.0 Å². The zero-order chi connectivity index (χ0) is 48.9. The van der Waals surface area contributed by atoms with Crippen LogP contribution in [0.4, 0.5) is 20.2 Å². The molecule has 2 aliphatic heterocycles. The number of hydrogen-bond donors (Lipinski definition) is 3. The maximum Gasteiger partial charge on any atom is 0.254 e. The molecule has 8 aromatic rings. The molecule has 2 aliphatic rings. The molecule has 4 heterocycles. The number of aromatic nitrogens is 2. The van der Waals surface area contributed by atoms with E-state index in [0.29, 0.717) is 86.3 Å². The van der Waals surface area contributed by atoms with Crippen molar-refractivity contribution >= 4 is 45.0 Å². The minimum absolute atomic E-state index is 0.00288. The van der Waals surface area contributed by atoms with Crippen LogP contribution >= 0.6 is 0 Å². The van der Waals surface area contributed by atoms with Gasteiger partial charge in [-0.15, -0.1) is 9.81 Å². The lowest BCUT2D eigenvalue weighted by molar-refractivity contribution is -0.0174. The van der Waals surface area contributed by atoms with Crippen molar-refractivity contribution in [3.8, 4) is 23.3 Å². The van der Waals surface area contributed by atoms with E-state index in [0.717, 1.165) is 11.1 Å². The highest BCUT2D eigenvalue weighted by atomic mass is 19.1. The third kappa shape index (κ3) is 9.49. The van der Waals surface area contributed by atoms with Gasteiger partial charge in [0, 0.05) is 63.8 Å². The SMILES string of the molecule is CCN(Cc1ccccc1)C(=O)c1ccc2c(N=O)c(O)n(Cc3cc(F)cc4c3OCOC4)c2c1.O=Nc1c(O)n(Cc2cc(F)cc3c2OCOC3)c2cc(C(=O)NCc3ccccc3)ccc12. The summed E-state index contributed by atoms with van der Waals surface area (Å²) in [4.78, 5) is 50.9. The lowest BCUT2D eigenvalue weighted by Gasteiger charge is -2.22. The molecule has 16 nitrogen and oxygen atoms in total. The van der Waals surface area contributed by atoms with Crippen molar-refractivity contribution in [3.63, 3.8) is 0 Å². The van der Waals surface area contributed by atoms with Crippen LogP contribution in [0.3, 0.4) is 0 Å². The van der Waals surface area contributed by atoms with Crippen molar-refractivity contribution in [2.24, 2.45) is 10.4 Å². The summed E-state index contributed by atoms with van der Waals surface area (Å²) in [5.74, 6) is -1.28. The van der Waals surface area contributed by atoms with Gasteiger partial charge in [0.25, 0.3) is 11.8 Å². The topological polar surface area (TPSA) is 196 Å². The number of carbonyl (C=O) groups is 2. The minimum atomic E-state index is -0.478. The molecule has 0 radical (unpaired) electrons. The fourth-order valence-electron chi connectivity index (χ4n) is 8.69. The molecule has 0 saturated heterocycles. The van der Waals surface area contributed by atoms with Crippen LogP contribution in [0.5, 0.6) is 23.3 Å². The van der Waals surface area contributed by atoms with Crippen LogP contribution in [0.1, 0.15) is 61.0 Å². The third-order valence-corrected chi connectivity index (χ3v) is 12.1. The summed E-state index contributed by atoms with van der Waals surface area (Å²) >= 11 is 0. The molecule has 6 aromatic carbocycles. The van der Waals surface area contributed by atoms with Crippen molar-refractivity contribution in [2.45, 2.75) is 46.3 Å². The zero-order valence-electron chi connectivity index (χ0n) is 37.6. The quantitative estimate of drug-likeness (QED) is 0.0936. The number of fused-ring (bicyclic) bond motifs is 4. The van der Waals surface area contributed by atoms with E-state index >= 15 is 0 Å². The molecule has 0 bridgehead atoms. The molecule has 0 spiro atoms. The van der Waals surface area contributed by atoms with Crippen molar-refractivity contribution in [1.82, 2.24) is 19.4 Å². The molecule has 2 amide bonds. The predicted octanol–water partition coefficient (Wildman–Crippen LogP) is 10.2. The molecule has 356 valence electrons. The van der Waals surface area contributed by atoms with Gasteiger partial charge in [-0.2, -0.15) is 0 Å². The standard InChI is InChI=1S/C27H24FN3O5.C25H20FN3O5/c1-2-30(13-17-6-4-3-5-7-17)26(32)18-8-9-22-23(12-18)31(27(33)24(22)29-34)14-19-10-21(28)11-20-15-35-16-36-25(19)20;26-19-8-17(23-18(9-19)13-33-14-34-23)12-29-21-10-16(6-7-20(21)22(28-32)25(29)31)24(30)27-11-15-4-2-1-3-5-15/h3-12,33H,2,13-16H2,1H3;1-10,31H,11-14H2,(H,27,30). The van der Waals surface area contributed by atoms with Gasteiger partial charge in [-0.1, -0.05) is 60.7 Å². The molecular weight excluding hydrogens is 907 g/mol. The fourth-order valence-corrected chi connectivity index (χ4v) is 8.69. The van der Waals surface area contributed by atoms with Gasteiger partial charge in [0.2, 0.25) is 11.8 Å². The van der Waals surface area contributed by atoms with Gasteiger partial charge in [-0.3, -0.25) is 9.59 Å². The molecule has 10 rings (SSSR count). The van der Waals surface area contributed by atoms with Crippen LogP contribution in [0.15, 0.2) is 132 Å². The Bertz CT molecular complexity index is 3290. The summed E-state index contributed by atoms with van der Waals surface area (Å²) in [5.41, 5.74) is 5.24. The first-order chi connectivity index (χ1) is 34.0. The number of nitrogens with one attached hydrogen (secondary N) is 1. The van der Waals surface area contributed by atoms with Crippen LogP contribution in [-0.2, 0) is 48.9 Å². The van der Waals surface area contributed by atoms with E-state index in [2.05, 4.69) is 15.7 Å². The highest BCUT2D eigenvalue weighted by Crippen LogP contribution is 2.42. The third-order valence-electron chi connectivity index (χ3n) is 12.1. The number of nitrogens with zero attached hydrogens (tertiary/aromatic N) is 5. The molecule has 0 atom stereocenters. The summed E-state index contributed by atoms with van der Waals surface area (Å²) < 4.78 is 53.0. The smallest absolute Gasteiger partial charge is 0.254 e. The highest BCUT2D eigenvalue weighted by Gasteiger charge is 2.26. The second kappa shape index (κ2) is 20.4. The number of halogens is 2. The first-order valence-corrected chi connectivity index (χ1v) is 22.1. The van der Waals surface area contributed by atoms with Crippen LogP contribution < -0.4 is 14.8 Å². The van der Waals surface area contributed by atoms with E-state index in [-0.39, 0.29) is 74.8 Å². The Hall–Kier alpha value is -8.48. The number of benzene rings is 6. The molecule has 70 heavy (non-hydrogen) atoms. The Morgan fingerprint density at radius 3 is 1.64 bits per heavy atom. The molecule has 0 fully saturated rings. The zero-order valence-corrected chi connectivity index (χ0v) is 37.6. The van der Waals surface area contributed by atoms with Gasteiger partial charge in [-0.05, 0) is 89.1 Å². The normalized spacial score (nSPS) is 12.7. The van der Waals surface area contributed by atoms with Crippen molar-refractivity contribution < 1.29 is 47.5 Å². The number of carbonyl (C=O) groups excluding carboxylic acids is 2. The minimum Gasteiger partial charge on any atom is -0.493 e. The van der Waals surface area contributed by atoms with E-state index in [1.165, 1.54) is 33.4 Å². The molecule has 3 N–H and O–H groups in total. The average Bonchev–Trinajstić information content (AvgIpc) is 3.81. The lowest BCUT2D eigenvalue weighted by Crippen LogP contribution is -2.30. The average molecular weight is 951 g/mol. The Kier molecular flexibility index (Phi) is 13.6. The lowest BCUT2D eigenvalue weighted by atomic mass is 10.1. The van der Waals surface area contributed by atoms with Gasteiger partial charge in [-0.25, -0.2) is 8.78 Å². The second-order valence-corrected chi connectivity index (χ2v) is 16.5. The summed E-state index contributed by atoms with van der Waals surface area (Å²) in [6.45, 7) is 3.63. The van der Waals surface area contributed by atoms with Crippen molar-refractivity contribution in [2.75, 3.05) is 20.1 Å². The Morgan fingerprint density at radius 2 is 1.14 bits per heavy atom. The number of aromatic hydroxyl groups is 2. The largest absolute Gasteiger partial charge is 0.493 e. The maximum absolute atomic E-state index is 14.3. The van der Waals surface area contributed by atoms with Gasteiger partial charge in [0.05, 0.1) is 37.3 Å². The van der Waals surface area contributed by atoms with Crippen LogP contribution in [-0.4, -0.2) is 56.2 Å². The highest BCUT2D eigenvalue weighted by molar-refractivity contribution is 6.03. The molecular formula is C52H44F2N6O10. The van der Waals surface area contributed by atoms with E-state index in [9.17, 15) is 38.4 Å². The Morgan fingerprint density at radius 1 is 0.657 bits per heavy atom. The van der Waals surface area contributed by atoms with Gasteiger partial charge >= 0.3 is 0 Å². The summed E-state index contributed by atoms with van der Waals surface area (Å²) in [7, 11) is 0. The molecule has 0 aliphatic carbocycles. The first kappa shape index (κ1) is 46.6. The van der Waals surface area contributed by atoms with E-state index in [4.69, 9.17) is 18.9 Å². The maximum atomic E-state index is 14.3. The number of ether oxygens (including phenoxy) is 4. The Balaban J connectivity index is 0.000000174. The van der Waals surface area contributed by atoms with E-state index < -0.39 is 11.6 Å². The van der Waals surface area contributed by atoms with Gasteiger partial charge < -0.3 is 48.5 Å². The monoisotopic (exact) mass is 950 g/mol. The number of hydrogen-bond acceptors (Lipinski definition) is 12. The Labute approximate surface area is 398 Å². The number of nitroso groups, excluding NO2 is 2. The summed E-state index contributed by atoms with van der Waals surface area (Å²) in [5, 5.41) is 31.2. The van der Waals surface area contributed by atoms with Crippen LogP contribution in [0.25, 0.3) is 21.8 Å². The van der Waals surface area contributed by atoms with E-state index in [1.54, 1.807) is 41.3 Å². The van der Waals surface area contributed by atoms with Gasteiger partial charge in [0.1, 0.15) is 23.1 Å². The van der Waals surface area contributed by atoms with Crippen molar-refractivity contribution in [1.29, 1.82) is 0 Å². The first-order valence-electron chi connectivity index (χ1n) is 22.1. The second-order valence-electron chi connectivity index (χ2n) is 16.5. The van der Waals surface area contributed by atoms with E-state index in [1.807, 2.05) is 67.6 Å². The molecule has 18 heteroatoms. The fraction of sp³-hybridized carbons (Fsp3) is 0.192. The van der Waals surface area contributed by atoms with Crippen LogP contribution in [0, 0.1) is 21.4 Å². The predicted molar refractivity (Wildman–Crippen MR) is 254 cm³/mol. The summed E-state index contributed by atoms with van der Waals surface area (Å²) in [6.07, 6.45) is 0. The molecule has 0 saturated carbocycles.